The van der Waals surface area contributed by atoms with Crippen molar-refractivity contribution in [2.75, 3.05) is 6.61 Å². The number of halogens is 3. The van der Waals surface area contributed by atoms with Gasteiger partial charge in [-0.15, -0.1) is 12.4 Å². The third-order valence-corrected chi connectivity index (χ3v) is 2.98. The number of carboxylic acid groups (broad SMARTS) is 1. The first-order chi connectivity index (χ1) is 9.29. The Morgan fingerprint density at radius 2 is 2.05 bits per heavy atom. The third kappa shape index (κ3) is 4.55. The number of esters is 1. The van der Waals surface area contributed by atoms with E-state index in [0.29, 0.717) is 0 Å². The first kappa shape index (κ1) is 19.6. The van der Waals surface area contributed by atoms with Gasteiger partial charge in [-0.05, 0) is 19.1 Å². The molecule has 2 atom stereocenters. The van der Waals surface area contributed by atoms with Crippen LogP contribution in [0.1, 0.15) is 28.9 Å². The lowest BCUT2D eigenvalue weighted by Crippen LogP contribution is -2.31. The number of aromatic carboxylic acids is 1. The van der Waals surface area contributed by atoms with Crippen molar-refractivity contribution < 1.29 is 28.9 Å². The standard InChI is InChI=1S/C12H13BrFNO5.ClH/c1-2-20-12(19)8(14)9(15)6-3-5(13)4-7(10(6)16)11(17)18;/h3-4,8-9,16H,2,15H2,1H3,(H,17,18);1H/t8?,9-;/m0./s1. The van der Waals surface area contributed by atoms with Crippen LogP contribution in [-0.2, 0) is 9.53 Å². The zero-order valence-corrected chi connectivity index (χ0v) is 13.3. The minimum atomic E-state index is -2.21. The van der Waals surface area contributed by atoms with E-state index in [1.54, 1.807) is 0 Å². The molecule has 0 fully saturated rings. The molecule has 0 saturated carbocycles. The predicted octanol–water partition coefficient (Wildman–Crippen LogP) is 2.18. The van der Waals surface area contributed by atoms with Gasteiger partial charge in [0.25, 0.3) is 0 Å². The Morgan fingerprint density at radius 3 is 2.52 bits per heavy atom. The van der Waals surface area contributed by atoms with Gasteiger partial charge in [0.2, 0.25) is 6.17 Å². The number of carbonyl (C=O) groups is 2. The fourth-order valence-electron chi connectivity index (χ4n) is 1.56. The molecule has 1 aromatic carbocycles. The van der Waals surface area contributed by atoms with Crippen molar-refractivity contribution in [2.45, 2.75) is 19.1 Å². The van der Waals surface area contributed by atoms with Crippen molar-refractivity contribution >= 4 is 40.3 Å². The largest absolute Gasteiger partial charge is 0.507 e. The summed E-state index contributed by atoms with van der Waals surface area (Å²) in [6.07, 6.45) is -2.21. The molecular weight excluding hydrogens is 372 g/mol. The Bertz CT molecular complexity index is 543. The van der Waals surface area contributed by atoms with Crippen LogP contribution in [0.15, 0.2) is 16.6 Å². The Kier molecular flexibility index (Phi) is 7.62. The minimum absolute atomic E-state index is 0. The van der Waals surface area contributed by atoms with Crippen LogP contribution in [0.4, 0.5) is 4.39 Å². The SMILES string of the molecule is CCOC(=O)C(F)[C@@H](N)c1cc(Br)cc(C(=O)O)c1O.Cl. The Labute approximate surface area is 134 Å². The molecule has 6 nitrogen and oxygen atoms in total. The molecule has 0 radical (unpaired) electrons. The number of rotatable bonds is 5. The fraction of sp³-hybridized carbons (Fsp3) is 0.333. The normalized spacial score (nSPS) is 13.0. The summed E-state index contributed by atoms with van der Waals surface area (Å²) < 4.78 is 18.6. The maximum absolute atomic E-state index is 13.8. The number of phenols is 1. The number of alkyl halides is 1. The van der Waals surface area contributed by atoms with Crippen molar-refractivity contribution in [3.05, 3.63) is 27.7 Å². The molecule has 118 valence electrons. The summed E-state index contributed by atoms with van der Waals surface area (Å²) in [4.78, 5) is 22.2. The second kappa shape index (κ2) is 8.16. The molecule has 0 saturated heterocycles. The molecule has 0 aliphatic carbocycles. The molecule has 4 N–H and O–H groups in total. The van der Waals surface area contributed by atoms with E-state index in [4.69, 9.17) is 10.8 Å². The van der Waals surface area contributed by atoms with Crippen LogP contribution in [0.2, 0.25) is 0 Å². The summed E-state index contributed by atoms with van der Waals surface area (Å²) in [5.74, 6) is -3.25. The Balaban J connectivity index is 0.00000400. The van der Waals surface area contributed by atoms with Gasteiger partial charge in [0.15, 0.2) is 0 Å². The fourth-order valence-corrected chi connectivity index (χ4v) is 2.04. The topological polar surface area (TPSA) is 110 Å². The highest BCUT2D eigenvalue weighted by molar-refractivity contribution is 9.10. The number of nitrogens with two attached hydrogens (primary N) is 1. The molecule has 1 rings (SSSR count). The van der Waals surface area contributed by atoms with E-state index in [9.17, 15) is 19.1 Å². The summed E-state index contributed by atoms with van der Waals surface area (Å²) in [5, 5.41) is 18.7. The van der Waals surface area contributed by atoms with Crippen molar-refractivity contribution in [3.8, 4) is 5.75 Å². The van der Waals surface area contributed by atoms with Crippen LogP contribution in [0, 0.1) is 0 Å². The first-order valence-electron chi connectivity index (χ1n) is 5.61. The summed E-state index contributed by atoms with van der Waals surface area (Å²) >= 11 is 3.03. The number of hydrogen-bond acceptors (Lipinski definition) is 5. The molecule has 0 amide bonds. The summed E-state index contributed by atoms with van der Waals surface area (Å²) in [6, 6.07) is 0.855. The van der Waals surface area contributed by atoms with Gasteiger partial charge in [0.05, 0.1) is 12.6 Å². The van der Waals surface area contributed by atoms with Crippen molar-refractivity contribution in [1.29, 1.82) is 0 Å². The number of aromatic hydroxyl groups is 1. The second-order valence-electron chi connectivity index (χ2n) is 3.88. The summed E-state index contributed by atoms with van der Waals surface area (Å²) in [6.45, 7) is 1.49. The van der Waals surface area contributed by atoms with E-state index in [1.807, 2.05) is 0 Å². The minimum Gasteiger partial charge on any atom is -0.507 e. The first-order valence-corrected chi connectivity index (χ1v) is 6.40. The average molecular weight is 387 g/mol. The molecular formula is C12H14BrClFNO5. The molecule has 1 aromatic rings. The number of carbonyl (C=O) groups excluding carboxylic acids is 1. The molecule has 0 aromatic heterocycles. The molecule has 0 aliphatic heterocycles. The lowest BCUT2D eigenvalue weighted by Gasteiger charge is -2.18. The third-order valence-electron chi connectivity index (χ3n) is 2.52. The van der Waals surface area contributed by atoms with Gasteiger partial charge in [0.1, 0.15) is 11.3 Å². The lowest BCUT2D eigenvalue weighted by atomic mass is 9.99. The quantitative estimate of drug-likeness (QED) is 0.669. The monoisotopic (exact) mass is 385 g/mol. The Morgan fingerprint density at radius 1 is 1.48 bits per heavy atom. The van der Waals surface area contributed by atoms with E-state index in [0.717, 1.165) is 6.07 Å². The zero-order valence-electron chi connectivity index (χ0n) is 10.9. The van der Waals surface area contributed by atoms with Gasteiger partial charge in [-0.2, -0.15) is 0 Å². The van der Waals surface area contributed by atoms with E-state index in [-0.39, 0.29) is 29.1 Å². The highest BCUT2D eigenvalue weighted by atomic mass is 79.9. The zero-order chi connectivity index (χ0) is 15.4. The number of benzene rings is 1. The molecule has 9 heteroatoms. The van der Waals surface area contributed by atoms with E-state index in [2.05, 4.69) is 20.7 Å². The van der Waals surface area contributed by atoms with Crippen LogP contribution >= 0.6 is 28.3 Å². The molecule has 0 spiro atoms. The van der Waals surface area contributed by atoms with Gasteiger partial charge in [0, 0.05) is 10.0 Å². The summed E-state index contributed by atoms with van der Waals surface area (Å²) in [5.41, 5.74) is 4.92. The van der Waals surface area contributed by atoms with Crippen molar-refractivity contribution in [3.63, 3.8) is 0 Å². The lowest BCUT2D eigenvalue weighted by molar-refractivity contribution is -0.149. The van der Waals surface area contributed by atoms with Crippen LogP contribution in [0.5, 0.6) is 5.75 Å². The maximum Gasteiger partial charge on any atom is 0.342 e. The summed E-state index contributed by atoms with van der Waals surface area (Å²) in [7, 11) is 0. The van der Waals surface area contributed by atoms with Gasteiger partial charge >= 0.3 is 11.9 Å². The van der Waals surface area contributed by atoms with Gasteiger partial charge in [-0.3, -0.25) is 0 Å². The average Bonchev–Trinajstić information content (AvgIpc) is 2.39. The van der Waals surface area contributed by atoms with E-state index >= 15 is 0 Å². The van der Waals surface area contributed by atoms with Crippen LogP contribution in [0.3, 0.4) is 0 Å². The molecule has 0 heterocycles. The van der Waals surface area contributed by atoms with Crippen molar-refractivity contribution in [1.82, 2.24) is 0 Å². The smallest absolute Gasteiger partial charge is 0.342 e. The van der Waals surface area contributed by atoms with Gasteiger partial charge in [-0.25, -0.2) is 14.0 Å². The van der Waals surface area contributed by atoms with Crippen LogP contribution in [0.25, 0.3) is 0 Å². The number of hydrogen-bond donors (Lipinski definition) is 3. The van der Waals surface area contributed by atoms with Crippen LogP contribution < -0.4 is 5.73 Å². The molecule has 0 bridgehead atoms. The molecule has 21 heavy (non-hydrogen) atoms. The Hall–Kier alpha value is -1.38. The highest BCUT2D eigenvalue weighted by Gasteiger charge is 2.31. The maximum atomic E-state index is 13.8. The van der Waals surface area contributed by atoms with Gasteiger partial charge in [-0.1, -0.05) is 15.9 Å². The number of ether oxygens (including phenoxy) is 1. The second-order valence-corrected chi connectivity index (χ2v) is 4.79. The predicted molar refractivity (Wildman–Crippen MR) is 78.5 cm³/mol. The van der Waals surface area contributed by atoms with E-state index in [1.165, 1.54) is 13.0 Å². The molecule has 0 aliphatic rings. The molecule has 1 unspecified atom stereocenters. The number of carboxylic acids is 1. The van der Waals surface area contributed by atoms with E-state index < -0.39 is 35.5 Å². The van der Waals surface area contributed by atoms with Crippen LogP contribution in [-0.4, -0.2) is 34.9 Å². The van der Waals surface area contributed by atoms with Gasteiger partial charge < -0.3 is 20.7 Å². The highest BCUT2D eigenvalue weighted by Crippen LogP contribution is 2.33. The van der Waals surface area contributed by atoms with Crippen molar-refractivity contribution in [2.24, 2.45) is 5.73 Å².